The summed E-state index contributed by atoms with van der Waals surface area (Å²) in [6.45, 7) is 21.2. The molecule has 38 heavy (non-hydrogen) atoms. The van der Waals surface area contributed by atoms with Crippen molar-refractivity contribution in [2.75, 3.05) is 0 Å². The molecule has 4 aromatic rings. The van der Waals surface area contributed by atoms with Crippen LogP contribution >= 0.6 is 22.7 Å². The largest absolute Gasteiger partial charge is 0.483 e. The Labute approximate surface area is 235 Å². The van der Waals surface area contributed by atoms with E-state index in [-0.39, 0.29) is 0 Å². The van der Waals surface area contributed by atoms with Crippen LogP contribution in [0.15, 0.2) is 52.4 Å². The average molecular weight is 550 g/mol. The monoisotopic (exact) mass is 549 g/mol. The van der Waals surface area contributed by atoms with Crippen molar-refractivity contribution < 1.29 is 9.15 Å². The van der Waals surface area contributed by atoms with Gasteiger partial charge in [-0.3, -0.25) is 4.90 Å². The van der Waals surface area contributed by atoms with Crippen LogP contribution in [0.4, 0.5) is 0 Å². The maximum Gasteiger partial charge on any atom is 0.236 e. The molecule has 0 fully saturated rings. The Hall–Kier alpha value is -2.74. The Morgan fingerprint density at radius 1 is 1.08 bits per heavy atom. The van der Waals surface area contributed by atoms with Crippen LogP contribution in [0.25, 0.3) is 10.8 Å². The third kappa shape index (κ3) is 6.82. The van der Waals surface area contributed by atoms with E-state index in [1.165, 1.54) is 10.4 Å². The van der Waals surface area contributed by atoms with Gasteiger partial charge in [-0.1, -0.05) is 32.1 Å². The van der Waals surface area contributed by atoms with Crippen molar-refractivity contribution in [1.82, 2.24) is 14.9 Å². The van der Waals surface area contributed by atoms with Crippen LogP contribution in [0.1, 0.15) is 71.6 Å². The number of nitrogens with zero attached hydrogens (tertiary/aromatic N) is 3. The van der Waals surface area contributed by atoms with Crippen molar-refractivity contribution in [3.63, 3.8) is 0 Å². The van der Waals surface area contributed by atoms with Crippen LogP contribution in [0.2, 0.25) is 0 Å². The first-order chi connectivity index (χ1) is 18.1. The van der Waals surface area contributed by atoms with Crippen LogP contribution < -0.4 is 4.74 Å². The number of rotatable bonds is 12. The summed E-state index contributed by atoms with van der Waals surface area (Å²) in [6, 6.07) is 8.67. The first-order valence-electron chi connectivity index (χ1n) is 13.2. The van der Waals surface area contributed by atoms with Gasteiger partial charge in [-0.05, 0) is 82.4 Å². The summed E-state index contributed by atoms with van der Waals surface area (Å²) >= 11 is 3.39. The van der Waals surface area contributed by atoms with E-state index in [9.17, 15) is 0 Å². The van der Waals surface area contributed by atoms with Gasteiger partial charge in [0.2, 0.25) is 5.89 Å². The Bertz CT molecular complexity index is 1360. The van der Waals surface area contributed by atoms with E-state index in [0.717, 1.165) is 69.7 Å². The fraction of sp³-hybridized carbons (Fsp3) is 0.419. The predicted octanol–water partition coefficient (Wildman–Crippen LogP) is 8.81. The first kappa shape index (κ1) is 28.3. The van der Waals surface area contributed by atoms with E-state index in [1.807, 2.05) is 18.5 Å². The van der Waals surface area contributed by atoms with E-state index < -0.39 is 5.60 Å². The second-order valence-electron chi connectivity index (χ2n) is 10.5. The maximum atomic E-state index is 6.54. The standard InChI is InChI=1S/C31H39N3O2S2/c1-9-10-22(4)31(7,8)36-29-20(2)15-25(16-21(29)3)17-34(19-28-32-13-14-37-28)18-26-24(6)35-30(33-26)27-12-11-23(5)38-27/h11-16H,4,9-10,17-19H2,1-3,5-8H3. The van der Waals surface area contributed by atoms with Gasteiger partial charge in [0.1, 0.15) is 22.1 Å². The van der Waals surface area contributed by atoms with E-state index in [4.69, 9.17) is 14.1 Å². The van der Waals surface area contributed by atoms with Gasteiger partial charge in [0.25, 0.3) is 0 Å². The van der Waals surface area contributed by atoms with Gasteiger partial charge in [-0.25, -0.2) is 9.97 Å². The second kappa shape index (κ2) is 12.0. The molecule has 0 aliphatic heterocycles. The van der Waals surface area contributed by atoms with Crippen molar-refractivity contribution in [2.45, 2.75) is 86.5 Å². The van der Waals surface area contributed by atoms with Gasteiger partial charge in [-0.15, -0.1) is 22.7 Å². The molecular formula is C31H39N3O2S2. The highest BCUT2D eigenvalue weighted by Crippen LogP contribution is 2.33. The van der Waals surface area contributed by atoms with E-state index in [1.54, 1.807) is 22.7 Å². The molecule has 0 saturated carbocycles. The molecule has 5 nitrogen and oxygen atoms in total. The molecule has 0 aliphatic rings. The maximum absolute atomic E-state index is 6.54. The van der Waals surface area contributed by atoms with Crippen molar-refractivity contribution in [2.24, 2.45) is 0 Å². The molecule has 3 heterocycles. The molecule has 0 amide bonds. The van der Waals surface area contributed by atoms with Gasteiger partial charge in [0.15, 0.2) is 0 Å². The van der Waals surface area contributed by atoms with Crippen LogP contribution in [-0.4, -0.2) is 20.5 Å². The highest BCUT2D eigenvalue weighted by Gasteiger charge is 2.25. The lowest BCUT2D eigenvalue weighted by Crippen LogP contribution is -2.31. The zero-order chi connectivity index (χ0) is 27.4. The number of aryl methyl sites for hydroxylation is 4. The highest BCUT2D eigenvalue weighted by atomic mass is 32.1. The van der Waals surface area contributed by atoms with Crippen molar-refractivity contribution in [1.29, 1.82) is 0 Å². The number of benzene rings is 1. The molecule has 0 atom stereocenters. The Morgan fingerprint density at radius 3 is 2.42 bits per heavy atom. The Kier molecular flexibility index (Phi) is 8.91. The molecule has 0 bridgehead atoms. The summed E-state index contributed by atoms with van der Waals surface area (Å²) < 4.78 is 12.6. The van der Waals surface area contributed by atoms with Gasteiger partial charge in [0.05, 0.1) is 17.1 Å². The minimum atomic E-state index is -0.410. The Balaban J connectivity index is 1.56. The molecule has 0 N–H and O–H groups in total. The van der Waals surface area contributed by atoms with Gasteiger partial charge >= 0.3 is 0 Å². The smallest absolute Gasteiger partial charge is 0.236 e. The average Bonchev–Trinajstić information content (AvgIpc) is 3.59. The molecule has 1 aromatic carbocycles. The summed E-state index contributed by atoms with van der Waals surface area (Å²) in [5.74, 6) is 2.51. The van der Waals surface area contributed by atoms with Gasteiger partial charge in [0, 0.05) is 29.5 Å². The highest BCUT2D eigenvalue weighted by molar-refractivity contribution is 7.15. The fourth-order valence-corrected chi connectivity index (χ4v) is 6.06. The minimum absolute atomic E-state index is 0.410. The van der Waals surface area contributed by atoms with Crippen LogP contribution in [-0.2, 0) is 19.6 Å². The number of hydrogen-bond donors (Lipinski definition) is 0. The summed E-state index contributed by atoms with van der Waals surface area (Å²) in [4.78, 5) is 14.1. The molecule has 7 heteroatoms. The third-order valence-electron chi connectivity index (χ3n) is 6.75. The van der Waals surface area contributed by atoms with E-state index >= 15 is 0 Å². The minimum Gasteiger partial charge on any atom is -0.483 e. The van der Waals surface area contributed by atoms with E-state index in [0.29, 0.717) is 12.4 Å². The third-order valence-corrected chi connectivity index (χ3v) is 8.50. The van der Waals surface area contributed by atoms with Gasteiger partial charge < -0.3 is 9.15 Å². The summed E-state index contributed by atoms with van der Waals surface area (Å²) in [7, 11) is 0. The van der Waals surface area contributed by atoms with Crippen molar-refractivity contribution in [3.05, 3.63) is 86.0 Å². The molecular weight excluding hydrogens is 510 g/mol. The summed E-state index contributed by atoms with van der Waals surface area (Å²) in [5.41, 5.74) is 5.20. The first-order valence-corrected chi connectivity index (χ1v) is 14.9. The summed E-state index contributed by atoms with van der Waals surface area (Å²) in [6.07, 6.45) is 3.90. The fourth-order valence-electron chi connectivity index (χ4n) is 4.61. The number of thiophene rings is 1. The number of ether oxygens (including phenoxy) is 1. The molecule has 0 unspecified atom stereocenters. The zero-order valence-electron chi connectivity index (χ0n) is 23.7. The summed E-state index contributed by atoms with van der Waals surface area (Å²) in [5, 5.41) is 3.12. The SMILES string of the molecule is C=C(CCC)C(C)(C)Oc1c(C)cc(CN(Cc2nccs2)Cc2nc(-c3ccc(C)s3)oc2C)cc1C. The van der Waals surface area contributed by atoms with Gasteiger partial charge in [-0.2, -0.15) is 0 Å². The lowest BCUT2D eigenvalue weighted by molar-refractivity contribution is 0.142. The quantitative estimate of drug-likeness (QED) is 0.165. The molecule has 0 spiro atoms. The number of thiazole rings is 1. The topological polar surface area (TPSA) is 51.4 Å². The molecule has 3 aromatic heterocycles. The Morgan fingerprint density at radius 2 is 1.82 bits per heavy atom. The normalized spacial score (nSPS) is 11.9. The number of aromatic nitrogens is 2. The molecule has 0 aliphatic carbocycles. The molecule has 202 valence electrons. The lowest BCUT2D eigenvalue weighted by Gasteiger charge is -2.31. The molecule has 0 saturated heterocycles. The van der Waals surface area contributed by atoms with Crippen LogP contribution in [0.3, 0.4) is 0 Å². The number of hydrogen-bond acceptors (Lipinski definition) is 7. The lowest BCUT2D eigenvalue weighted by atomic mass is 9.95. The predicted molar refractivity (Wildman–Crippen MR) is 159 cm³/mol. The van der Waals surface area contributed by atoms with Crippen LogP contribution in [0.5, 0.6) is 5.75 Å². The van der Waals surface area contributed by atoms with Crippen LogP contribution in [0, 0.1) is 27.7 Å². The zero-order valence-corrected chi connectivity index (χ0v) is 25.3. The molecule has 4 rings (SSSR count). The number of oxazole rings is 1. The van der Waals surface area contributed by atoms with Crippen molar-refractivity contribution >= 4 is 22.7 Å². The molecule has 0 radical (unpaired) electrons. The second-order valence-corrected chi connectivity index (χ2v) is 12.8. The van der Waals surface area contributed by atoms with E-state index in [2.05, 4.69) is 82.3 Å². The van der Waals surface area contributed by atoms with Crippen molar-refractivity contribution in [3.8, 4) is 16.5 Å².